The van der Waals surface area contributed by atoms with Crippen LogP contribution in [0.5, 0.6) is 0 Å². The van der Waals surface area contributed by atoms with Gasteiger partial charge in [0.25, 0.3) is 0 Å². The highest BCUT2D eigenvalue weighted by atomic mass is 35.5. The molecule has 0 aliphatic carbocycles. The summed E-state index contributed by atoms with van der Waals surface area (Å²) in [5.41, 5.74) is 1.03. The standard InChI is InChI=1S/C18H26FN3O.ClH/c1-14-5-9-22(18(14)15-3-2-4-16(19)13-15)10-6-17(23)21-11-7-20-8-12-21;/h2-4,13-14,18,20H,5-12H2,1H3;1H. The number of nitrogens with zero attached hydrogens (tertiary/aromatic N) is 2. The maximum atomic E-state index is 13.5. The summed E-state index contributed by atoms with van der Waals surface area (Å²) >= 11 is 0. The molecule has 1 aromatic carbocycles. The molecule has 1 aromatic rings. The number of carbonyl (C=O) groups excluding carboxylic acids is 1. The van der Waals surface area contributed by atoms with Crippen molar-refractivity contribution < 1.29 is 9.18 Å². The molecule has 134 valence electrons. The molecule has 2 saturated heterocycles. The molecule has 0 aromatic heterocycles. The molecule has 2 heterocycles. The van der Waals surface area contributed by atoms with Gasteiger partial charge in [-0.3, -0.25) is 9.69 Å². The Morgan fingerprint density at radius 2 is 2.04 bits per heavy atom. The van der Waals surface area contributed by atoms with Gasteiger partial charge < -0.3 is 10.2 Å². The molecule has 0 spiro atoms. The molecular weight excluding hydrogens is 329 g/mol. The van der Waals surface area contributed by atoms with Gasteiger partial charge in [-0.25, -0.2) is 4.39 Å². The van der Waals surface area contributed by atoms with E-state index in [0.717, 1.165) is 51.3 Å². The molecule has 6 heteroatoms. The summed E-state index contributed by atoms with van der Waals surface area (Å²) < 4.78 is 13.5. The van der Waals surface area contributed by atoms with Crippen LogP contribution in [0, 0.1) is 11.7 Å². The molecule has 0 bridgehead atoms. The zero-order valence-electron chi connectivity index (χ0n) is 14.2. The minimum Gasteiger partial charge on any atom is -0.340 e. The zero-order chi connectivity index (χ0) is 16.2. The van der Waals surface area contributed by atoms with Gasteiger partial charge in [-0.15, -0.1) is 12.4 Å². The number of piperazine rings is 1. The van der Waals surface area contributed by atoms with Gasteiger partial charge in [0.2, 0.25) is 5.91 Å². The van der Waals surface area contributed by atoms with E-state index in [1.54, 1.807) is 12.1 Å². The average Bonchev–Trinajstić information content (AvgIpc) is 2.94. The lowest BCUT2D eigenvalue weighted by molar-refractivity contribution is -0.132. The Morgan fingerprint density at radius 1 is 1.29 bits per heavy atom. The molecule has 1 N–H and O–H groups in total. The van der Waals surface area contributed by atoms with Crippen LogP contribution in [0.15, 0.2) is 24.3 Å². The summed E-state index contributed by atoms with van der Waals surface area (Å²) in [5, 5.41) is 3.27. The fraction of sp³-hybridized carbons (Fsp3) is 0.611. The predicted molar refractivity (Wildman–Crippen MR) is 95.8 cm³/mol. The summed E-state index contributed by atoms with van der Waals surface area (Å²) in [4.78, 5) is 16.6. The number of rotatable bonds is 4. The van der Waals surface area contributed by atoms with Crippen LogP contribution < -0.4 is 5.32 Å². The second-order valence-corrected chi connectivity index (χ2v) is 6.68. The van der Waals surface area contributed by atoms with Gasteiger partial charge in [0.05, 0.1) is 0 Å². The average molecular weight is 356 g/mol. The highest BCUT2D eigenvalue weighted by Crippen LogP contribution is 2.37. The largest absolute Gasteiger partial charge is 0.340 e. The number of nitrogens with one attached hydrogen (secondary N) is 1. The fourth-order valence-corrected chi connectivity index (χ4v) is 3.82. The molecule has 2 atom stereocenters. The van der Waals surface area contributed by atoms with Crippen LogP contribution in [0.2, 0.25) is 0 Å². The second kappa shape index (κ2) is 8.79. The van der Waals surface area contributed by atoms with E-state index in [1.165, 1.54) is 6.07 Å². The van der Waals surface area contributed by atoms with E-state index in [4.69, 9.17) is 0 Å². The Balaban J connectivity index is 0.00000208. The maximum absolute atomic E-state index is 13.5. The number of amides is 1. The van der Waals surface area contributed by atoms with Crippen LogP contribution in [0.25, 0.3) is 0 Å². The van der Waals surface area contributed by atoms with Gasteiger partial charge in [0, 0.05) is 45.2 Å². The molecule has 0 radical (unpaired) electrons. The Kier molecular flexibility index (Phi) is 7.02. The number of hydrogen-bond donors (Lipinski definition) is 1. The van der Waals surface area contributed by atoms with Crippen molar-refractivity contribution in [3.63, 3.8) is 0 Å². The minimum atomic E-state index is -0.182. The second-order valence-electron chi connectivity index (χ2n) is 6.68. The molecule has 4 nitrogen and oxygen atoms in total. The van der Waals surface area contributed by atoms with Crippen molar-refractivity contribution in [2.24, 2.45) is 5.92 Å². The van der Waals surface area contributed by atoms with E-state index in [0.29, 0.717) is 12.3 Å². The minimum absolute atomic E-state index is 0. The topological polar surface area (TPSA) is 35.6 Å². The summed E-state index contributed by atoms with van der Waals surface area (Å²) in [7, 11) is 0. The van der Waals surface area contributed by atoms with E-state index in [2.05, 4.69) is 17.1 Å². The number of benzene rings is 1. The summed E-state index contributed by atoms with van der Waals surface area (Å²) in [6.07, 6.45) is 1.65. The van der Waals surface area contributed by atoms with Crippen LogP contribution in [0.4, 0.5) is 4.39 Å². The van der Waals surface area contributed by atoms with Crippen LogP contribution in [0.1, 0.15) is 31.4 Å². The first-order valence-electron chi connectivity index (χ1n) is 8.63. The van der Waals surface area contributed by atoms with E-state index in [-0.39, 0.29) is 30.2 Å². The number of carbonyl (C=O) groups is 1. The lowest BCUT2D eigenvalue weighted by Crippen LogP contribution is -2.47. The molecule has 3 rings (SSSR count). The molecule has 2 aliphatic heterocycles. The molecule has 2 fully saturated rings. The van der Waals surface area contributed by atoms with E-state index < -0.39 is 0 Å². The number of hydrogen-bond acceptors (Lipinski definition) is 3. The predicted octanol–water partition coefficient (Wildman–Crippen LogP) is 2.45. The van der Waals surface area contributed by atoms with Crippen molar-refractivity contribution in [3.05, 3.63) is 35.6 Å². The van der Waals surface area contributed by atoms with Crippen LogP contribution in [0.3, 0.4) is 0 Å². The smallest absolute Gasteiger partial charge is 0.223 e. The van der Waals surface area contributed by atoms with Crippen molar-refractivity contribution in [2.75, 3.05) is 39.3 Å². The molecule has 1 amide bonds. The lowest BCUT2D eigenvalue weighted by atomic mass is 9.95. The monoisotopic (exact) mass is 355 g/mol. The van der Waals surface area contributed by atoms with Gasteiger partial charge >= 0.3 is 0 Å². The first-order valence-corrected chi connectivity index (χ1v) is 8.63. The molecule has 24 heavy (non-hydrogen) atoms. The van der Waals surface area contributed by atoms with E-state index in [1.807, 2.05) is 11.0 Å². The zero-order valence-corrected chi connectivity index (χ0v) is 15.0. The van der Waals surface area contributed by atoms with Crippen molar-refractivity contribution in [1.29, 1.82) is 0 Å². The Hall–Kier alpha value is -1.17. The molecular formula is C18H27ClFN3O. The van der Waals surface area contributed by atoms with Gasteiger partial charge in [-0.1, -0.05) is 19.1 Å². The normalized spacial score (nSPS) is 24.7. The molecule has 0 saturated carbocycles. The third-order valence-corrected chi connectivity index (χ3v) is 5.08. The highest BCUT2D eigenvalue weighted by molar-refractivity contribution is 5.85. The Bertz CT molecular complexity index is 551. The van der Waals surface area contributed by atoms with E-state index in [9.17, 15) is 9.18 Å². The lowest BCUT2D eigenvalue weighted by Gasteiger charge is -2.30. The van der Waals surface area contributed by atoms with Crippen molar-refractivity contribution in [1.82, 2.24) is 15.1 Å². The summed E-state index contributed by atoms with van der Waals surface area (Å²) in [6, 6.07) is 7.13. The Morgan fingerprint density at radius 3 is 2.75 bits per heavy atom. The number of halogens is 2. The maximum Gasteiger partial charge on any atom is 0.223 e. The van der Waals surface area contributed by atoms with Gasteiger partial charge in [-0.05, 0) is 36.6 Å². The SMILES string of the molecule is CC1CCN(CCC(=O)N2CCNCC2)C1c1cccc(F)c1.Cl. The third-order valence-electron chi connectivity index (χ3n) is 5.08. The van der Waals surface area contributed by atoms with Crippen LogP contribution in [-0.2, 0) is 4.79 Å². The first kappa shape index (κ1) is 19.2. The van der Waals surface area contributed by atoms with Crippen LogP contribution >= 0.6 is 12.4 Å². The quantitative estimate of drug-likeness (QED) is 0.901. The summed E-state index contributed by atoms with van der Waals surface area (Å²) in [6.45, 7) is 7.35. The molecule has 2 aliphatic rings. The van der Waals surface area contributed by atoms with Crippen molar-refractivity contribution in [3.8, 4) is 0 Å². The Labute approximate surface area is 149 Å². The van der Waals surface area contributed by atoms with Crippen LogP contribution in [-0.4, -0.2) is 55.0 Å². The van der Waals surface area contributed by atoms with Gasteiger partial charge in [0.1, 0.15) is 5.82 Å². The fourth-order valence-electron chi connectivity index (χ4n) is 3.82. The number of likely N-dealkylation sites (tertiary alicyclic amines) is 1. The molecule has 2 unspecified atom stereocenters. The van der Waals surface area contributed by atoms with Gasteiger partial charge in [-0.2, -0.15) is 0 Å². The van der Waals surface area contributed by atoms with Crippen molar-refractivity contribution in [2.45, 2.75) is 25.8 Å². The third kappa shape index (κ3) is 4.47. The van der Waals surface area contributed by atoms with Gasteiger partial charge in [0.15, 0.2) is 0 Å². The first-order chi connectivity index (χ1) is 11.1. The summed E-state index contributed by atoms with van der Waals surface area (Å²) in [5.74, 6) is 0.550. The van der Waals surface area contributed by atoms with Crippen molar-refractivity contribution >= 4 is 18.3 Å². The highest BCUT2D eigenvalue weighted by Gasteiger charge is 2.32. The van der Waals surface area contributed by atoms with E-state index >= 15 is 0 Å².